The second kappa shape index (κ2) is 10.7. The van der Waals surface area contributed by atoms with Crippen molar-refractivity contribution in [1.82, 2.24) is 9.78 Å². The molecule has 0 spiro atoms. The van der Waals surface area contributed by atoms with Gasteiger partial charge in [-0.05, 0) is 23.3 Å². The standard InChI is InChI=1S/C30H23N3O4/c34-27(31-26-18-10-9-15-23(26)22-13-5-2-6-14-22)20-37-30(36)28-24-16-7-8-17-25(24)29(35)33(32-28)19-21-11-3-1-4-12-21/h1-18H,19-20H2,(H,31,34). The molecule has 0 fully saturated rings. The van der Waals surface area contributed by atoms with Crippen molar-refractivity contribution in [3.05, 3.63) is 131 Å². The molecule has 182 valence electrons. The number of nitrogens with one attached hydrogen (secondary N) is 1. The lowest BCUT2D eigenvalue weighted by atomic mass is 10.0. The summed E-state index contributed by atoms with van der Waals surface area (Å²) in [5, 5.41) is 7.84. The summed E-state index contributed by atoms with van der Waals surface area (Å²) >= 11 is 0. The first-order valence-electron chi connectivity index (χ1n) is 11.8. The molecule has 5 rings (SSSR count). The van der Waals surface area contributed by atoms with E-state index in [1.807, 2.05) is 78.9 Å². The molecule has 4 aromatic carbocycles. The van der Waals surface area contributed by atoms with Crippen LogP contribution in [0, 0.1) is 0 Å². The highest BCUT2D eigenvalue weighted by atomic mass is 16.5. The third kappa shape index (κ3) is 5.31. The van der Waals surface area contributed by atoms with Gasteiger partial charge in [0.1, 0.15) is 0 Å². The predicted molar refractivity (Wildman–Crippen MR) is 142 cm³/mol. The van der Waals surface area contributed by atoms with Crippen molar-refractivity contribution in [2.75, 3.05) is 11.9 Å². The third-order valence-electron chi connectivity index (χ3n) is 5.86. The van der Waals surface area contributed by atoms with Crippen LogP contribution in [0.4, 0.5) is 5.69 Å². The van der Waals surface area contributed by atoms with Gasteiger partial charge in [-0.3, -0.25) is 9.59 Å². The minimum absolute atomic E-state index is 0.0244. The maximum Gasteiger partial charge on any atom is 0.359 e. The van der Waals surface area contributed by atoms with E-state index in [1.165, 1.54) is 4.68 Å². The van der Waals surface area contributed by atoms with Crippen LogP contribution < -0.4 is 10.9 Å². The average Bonchev–Trinajstić information content (AvgIpc) is 2.94. The van der Waals surface area contributed by atoms with Gasteiger partial charge >= 0.3 is 5.97 Å². The van der Waals surface area contributed by atoms with Crippen LogP contribution in [-0.4, -0.2) is 28.3 Å². The topological polar surface area (TPSA) is 90.3 Å². The van der Waals surface area contributed by atoms with Gasteiger partial charge in [0.25, 0.3) is 11.5 Å². The van der Waals surface area contributed by atoms with Crippen molar-refractivity contribution in [3.63, 3.8) is 0 Å². The zero-order valence-corrected chi connectivity index (χ0v) is 19.8. The summed E-state index contributed by atoms with van der Waals surface area (Å²) < 4.78 is 6.57. The van der Waals surface area contributed by atoms with E-state index in [-0.39, 0.29) is 17.8 Å². The van der Waals surface area contributed by atoms with Gasteiger partial charge in [-0.1, -0.05) is 97.1 Å². The van der Waals surface area contributed by atoms with E-state index in [2.05, 4.69) is 10.4 Å². The fourth-order valence-electron chi connectivity index (χ4n) is 4.10. The Labute approximate surface area is 213 Å². The zero-order valence-electron chi connectivity index (χ0n) is 19.8. The predicted octanol–water partition coefficient (Wildman–Crippen LogP) is 4.91. The SMILES string of the molecule is O=C(COC(=O)c1nn(Cc2ccccc2)c(=O)c2ccccc12)Nc1ccccc1-c1ccccc1. The maximum atomic E-state index is 13.0. The first-order chi connectivity index (χ1) is 18.1. The highest BCUT2D eigenvalue weighted by molar-refractivity contribution is 6.03. The summed E-state index contributed by atoms with van der Waals surface area (Å²) in [5.41, 5.74) is 2.93. The molecule has 0 saturated heterocycles. The van der Waals surface area contributed by atoms with Crippen LogP contribution in [0.15, 0.2) is 114 Å². The first-order valence-corrected chi connectivity index (χ1v) is 11.8. The fourth-order valence-corrected chi connectivity index (χ4v) is 4.10. The number of hydrogen-bond donors (Lipinski definition) is 1. The summed E-state index contributed by atoms with van der Waals surface area (Å²) in [4.78, 5) is 38.7. The summed E-state index contributed by atoms with van der Waals surface area (Å²) in [6.45, 7) is -0.308. The molecule has 37 heavy (non-hydrogen) atoms. The molecule has 5 aromatic rings. The highest BCUT2D eigenvalue weighted by Crippen LogP contribution is 2.27. The molecule has 1 amide bonds. The van der Waals surface area contributed by atoms with E-state index in [0.29, 0.717) is 16.5 Å². The molecule has 0 unspecified atom stereocenters. The van der Waals surface area contributed by atoms with Crippen molar-refractivity contribution in [1.29, 1.82) is 0 Å². The highest BCUT2D eigenvalue weighted by Gasteiger charge is 2.19. The fraction of sp³-hybridized carbons (Fsp3) is 0.0667. The van der Waals surface area contributed by atoms with Gasteiger partial charge in [0.2, 0.25) is 0 Å². The quantitative estimate of drug-likeness (QED) is 0.328. The Hall–Kier alpha value is -5.04. The Balaban J connectivity index is 1.36. The number of carbonyl (C=O) groups excluding carboxylic acids is 2. The molecule has 0 atom stereocenters. The van der Waals surface area contributed by atoms with Crippen molar-refractivity contribution < 1.29 is 14.3 Å². The lowest BCUT2D eigenvalue weighted by molar-refractivity contribution is -0.119. The number of anilines is 1. The Bertz CT molecular complexity index is 1630. The largest absolute Gasteiger partial charge is 0.451 e. The first kappa shape index (κ1) is 23.7. The minimum atomic E-state index is -0.787. The molecular formula is C30H23N3O4. The molecule has 1 N–H and O–H groups in total. The summed E-state index contributed by atoms with van der Waals surface area (Å²) in [6, 6.07) is 33.2. The van der Waals surface area contributed by atoms with Crippen molar-refractivity contribution in [2.45, 2.75) is 6.54 Å². The number of rotatable bonds is 7. The smallest absolute Gasteiger partial charge is 0.359 e. The van der Waals surface area contributed by atoms with Crippen molar-refractivity contribution in [2.24, 2.45) is 0 Å². The second-order valence-corrected chi connectivity index (χ2v) is 8.38. The normalized spacial score (nSPS) is 10.7. The number of ether oxygens (including phenoxy) is 1. The van der Waals surface area contributed by atoms with Crippen LogP contribution in [0.5, 0.6) is 0 Å². The number of carbonyl (C=O) groups is 2. The number of benzene rings is 4. The number of para-hydroxylation sites is 1. The van der Waals surface area contributed by atoms with Crippen LogP contribution in [0.3, 0.4) is 0 Å². The van der Waals surface area contributed by atoms with E-state index in [4.69, 9.17) is 4.74 Å². The molecular weight excluding hydrogens is 466 g/mol. The van der Waals surface area contributed by atoms with E-state index in [1.54, 1.807) is 30.3 Å². The Morgan fingerprint density at radius 3 is 2.14 bits per heavy atom. The molecule has 7 heteroatoms. The maximum absolute atomic E-state index is 13.0. The van der Waals surface area contributed by atoms with Gasteiger partial charge in [-0.2, -0.15) is 5.10 Å². The molecule has 1 aromatic heterocycles. The van der Waals surface area contributed by atoms with Crippen LogP contribution in [0.25, 0.3) is 21.9 Å². The number of nitrogens with zero attached hydrogens (tertiary/aromatic N) is 2. The molecule has 0 saturated carbocycles. The molecule has 0 aliphatic rings. The molecule has 0 aliphatic carbocycles. The molecule has 7 nitrogen and oxygen atoms in total. The van der Waals surface area contributed by atoms with E-state index in [9.17, 15) is 14.4 Å². The number of hydrogen-bond acceptors (Lipinski definition) is 5. The van der Waals surface area contributed by atoms with Crippen LogP contribution >= 0.6 is 0 Å². The molecule has 0 aliphatic heterocycles. The Kier molecular flexibility index (Phi) is 6.85. The van der Waals surface area contributed by atoms with Gasteiger partial charge in [-0.15, -0.1) is 0 Å². The van der Waals surface area contributed by atoms with Crippen LogP contribution in [0.2, 0.25) is 0 Å². The average molecular weight is 490 g/mol. The lowest BCUT2D eigenvalue weighted by Crippen LogP contribution is -2.28. The summed E-state index contributed by atoms with van der Waals surface area (Å²) in [5.74, 6) is -1.27. The number of esters is 1. The molecule has 1 heterocycles. The zero-order chi connectivity index (χ0) is 25.6. The van der Waals surface area contributed by atoms with E-state index < -0.39 is 18.5 Å². The Morgan fingerprint density at radius 2 is 1.38 bits per heavy atom. The molecule has 0 bridgehead atoms. The number of amides is 1. The lowest BCUT2D eigenvalue weighted by Gasteiger charge is -2.13. The van der Waals surface area contributed by atoms with Gasteiger partial charge in [-0.25, -0.2) is 9.48 Å². The minimum Gasteiger partial charge on any atom is -0.451 e. The van der Waals surface area contributed by atoms with Crippen LogP contribution in [-0.2, 0) is 16.1 Å². The van der Waals surface area contributed by atoms with Crippen molar-refractivity contribution >= 4 is 28.3 Å². The summed E-state index contributed by atoms with van der Waals surface area (Å²) in [6.07, 6.45) is 0. The summed E-state index contributed by atoms with van der Waals surface area (Å²) in [7, 11) is 0. The van der Waals surface area contributed by atoms with Gasteiger partial charge < -0.3 is 10.1 Å². The third-order valence-corrected chi connectivity index (χ3v) is 5.86. The molecule has 0 radical (unpaired) electrons. The number of fused-ring (bicyclic) bond motifs is 1. The van der Waals surface area contributed by atoms with Gasteiger partial charge in [0, 0.05) is 16.6 Å². The van der Waals surface area contributed by atoms with E-state index >= 15 is 0 Å². The van der Waals surface area contributed by atoms with Crippen LogP contribution in [0.1, 0.15) is 16.1 Å². The number of aromatic nitrogens is 2. The monoisotopic (exact) mass is 489 g/mol. The van der Waals surface area contributed by atoms with Crippen molar-refractivity contribution in [3.8, 4) is 11.1 Å². The van der Waals surface area contributed by atoms with E-state index in [0.717, 1.165) is 16.7 Å². The Morgan fingerprint density at radius 1 is 0.757 bits per heavy atom. The van der Waals surface area contributed by atoms with Gasteiger partial charge in [0.05, 0.1) is 11.9 Å². The van der Waals surface area contributed by atoms with Gasteiger partial charge in [0.15, 0.2) is 12.3 Å². The second-order valence-electron chi connectivity index (χ2n) is 8.38.